The summed E-state index contributed by atoms with van der Waals surface area (Å²) in [5.41, 5.74) is 3.76. The molecule has 0 saturated heterocycles. The summed E-state index contributed by atoms with van der Waals surface area (Å²) in [5.74, 6) is 0.911. The van der Waals surface area contributed by atoms with Crippen LogP contribution >= 0.6 is 0 Å². The van der Waals surface area contributed by atoms with Crippen molar-refractivity contribution in [3.05, 3.63) is 53.7 Å². The Hall–Kier alpha value is -2.03. The third kappa shape index (κ3) is 3.98. The Balaban J connectivity index is 1.95. The quantitative estimate of drug-likeness (QED) is 0.826. The average molecular weight is 255 g/mol. The van der Waals surface area contributed by atoms with E-state index in [2.05, 4.69) is 53.7 Å². The lowest BCUT2D eigenvalue weighted by Crippen LogP contribution is -2.02. The first-order valence-corrected chi connectivity index (χ1v) is 6.83. The van der Waals surface area contributed by atoms with Gasteiger partial charge in [-0.2, -0.15) is 0 Å². The Morgan fingerprint density at radius 1 is 0.947 bits per heavy atom. The van der Waals surface area contributed by atoms with Crippen LogP contribution in [0.2, 0.25) is 0 Å². The molecule has 1 aromatic heterocycles. The second-order valence-electron chi connectivity index (χ2n) is 4.48. The molecule has 0 aliphatic carbocycles. The van der Waals surface area contributed by atoms with Crippen molar-refractivity contribution in [3.8, 4) is 0 Å². The van der Waals surface area contributed by atoms with Gasteiger partial charge in [-0.05, 0) is 30.5 Å². The number of aromatic nitrogens is 1. The van der Waals surface area contributed by atoms with E-state index in [9.17, 15) is 0 Å². The van der Waals surface area contributed by atoms with Crippen LogP contribution in [0.5, 0.6) is 0 Å². The van der Waals surface area contributed by atoms with Crippen molar-refractivity contribution >= 4 is 11.5 Å². The second kappa shape index (κ2) is 6.78. The molecule has 2 aromatic rings. The summed E-state index contributed by atoms with van der Waals surface area (Å²) in [5, 5.41) is 6.63. The SMILES string of the molecule is CCNc1cc(NCc2ccc(CC)cc2)ccn1. The summed E-state index contributed by atoms with van der Waals surface area (Å²) in [6.45, 7) is 5.96. The van der Waals surface area contributed by atoms with Crippen molar-refractivity contribution in [1.29, 1.82) is 0 Å². The maximum atomic E-state index is 4.26. The number of hydrogen-bond donors (Lipinski definition) is 2. The van der Waals surface area contributed by atoms with Gasteiger partial charge >= 0.3 is 0 Å². The molecular weight excluding hydrogens is 234 g/mol. The minimum Gasteiger partial charge on any atom is -0.381 e. The van der Waals surface area contributed by atoms with Crippen LogP contribution in [0.1, 0.15) is 25.0 Å². The topological polar surface area (TPSA) is 37.0 Å². The Bertz CT molecular complexity index is 506. The number of rotatable bonds is 6. The van der Waals surface area contributed by atoms with Gasteiger partial charge in [0.2, 0.25) is 0 Å². The minimum absolute atomic E-state index is 0.833. The van der Waals surface area contributed by atoms with Gasteiger partial charge < -0.3 is 10.6 Å². The molecule has 0 fully saturated rings. The molecule has 2 N–H and O–H groups in total. The Morgan fingerprint density at radius 3 is 2.37 bits per heavy atom. The molecular formula is C16H21N3. The lowest BCUT2D eigenvalue weighted by atomic mass is 10.1. The van der Waals surface area contributed by atoms with E-state index >= 15 is 0 Å². The first-order valence-electron chi connectivity index (χ1n) is 6.83. The predicted molar refractivity (Wildman–Crippen MR) is 81.5 cm³/mol. The van der Waals surface area contributed by atoms with E-state index < -0.39 is 0 Å². The smallest absolute Gasteiger partial charge is 0.127 e. The molecule has 0 bridgehead atoms. The molecule has 3 nitrogen and oxygen atoms in total. The Labute approximate surface area is 115 Å². The van der Waals surface area contributed by atoms with Gasteiger partial charge in [0, 0.05) is 31.0 Å². The minimum atomic E-state index is 0.833. The number of benzene rings is 1. The van der Waals surface area contributed by atoms with Crippen molar-refractivity contribution in [3.63, 3.8) is 0 Å². The van der Waals surface area contributed by atoms with Crippen molar-refractivity contribution in [2.24, 2.45) is 0 Å². The van der Waals surface area contributed by atoms with Crippen molar-refractivity contribution in [2.45, 2.75) is 26.8 Å². The van der Waals surface area contributed by atoms with E-state index in [0.717, 1.165) is 31.0 Å². The number of pyridine rings is 1. The second-order valence-corrected chi connectivity index (χ2v) is 4.48. The molecule has 1 heterocycles. The lowest BCUT2D eigenvalue weighted by molar-refractivity contribution is 1.10. The highest BCUT2D eigenvalue weighted by Gasteiger charge is 1.97. The van der Waals surface area contributed by atoms with Crippen LogP contribution in [0.15, 0.2) is 42.6 Å². The van der Waals surface area contributed by atoms with Gasteiger partial charge in [-0.15, -0.1) is 0 Å². The number of hydrogen-bond acceptors (Lipinski definition) is 3. The summed E-state index contributed by atoms with van der Waals surface area (Å²) >= 11 is 0. The number of anilines is 2. The zero-order chi connectivity index (χ0) is 13.5. The van der Waals surface area contributed by atoms with E-state index in [0.29, 0.717) is 0 Å². The molecule has 19 heavy (non-hydrogen) atoms. The molecule has 0 spiro atoms. The van der Waals surface area contributed by atoms with Gasteiger partial charge in [0.15, 0.2) is 0 Å². The summed E-state index contributed by atoms with van der Waals surface area (Å²) in [6, 6.07) is 12.8. The van der Waals surface area contributed by atoms with Crippen molar-refractivity contribution in [2.75, 3.05) is 17.2 Å². The fourth-order valence-corrected chi connectivity index (χ4v) is 1.92. The summed E-state index contributed by atoms with van der Waals surface area (Å²) < 4.78 is 0. The van der Waals surface area contributed by atoms with Crippen molar-refractivity contribution in [1.82, 2.24) is 4.98 Å². The summed E-state index contributed by atoms with van der Waals surface area (Å²) in [7, 11) is 0. The van der Waals surface area contributed by atoms with Gasteiger partial charge in [0.25, 0.3) is 0 Å². The Morgan fingerprint density at radius 2 is 1.68 bits per heavy atom. The van der Waals surface area contributed by atoms with Crippen LogP contribution in [0.3, 0.4) is 0 Å². The van der Waals surface area contributed by atoms with Crippen molar-refractivity contribution < 1.29 is 0 Å². The van der Waals surface area contributed by atoms with Gasteiger partial charge in [-0.1, -0.05) is 31.2 Å². The molecule has 0 aliphatic heterocycles. The van der Waals surface area contributed by atoms with Crippen LogP contribution < -0.4 is 10.6 Å². The van der Waals surface area contributed by atoms with E-state index in [1.165, 1.54) is 11.1 Å². The highest BCUT2D eigenvalue weighted by Crippen LogP contribution is 2.13. The molecule has 2 rings (SSSR count). The fraction of sp³-hybridized carbons (Fsp3) is 0.312. The maximum absolute atomic E-state index is 4.26. The van der Waals surface area contributed by atoms with Gasteiger partial charge in [0.05, 0.1) is 0 Å². The van der Waals surface area contributed by atoms with E-state index in [4.69, 9.17) is 0 Å². The van der Waals surface area contributed by atoms with E-state index in [1.54, 1.807) is 0 Å². The first-order chi connectivity index (χ1) is 9.31. The standard InChI is InChI=1S/C16H21N3/c1-3-13-5-7-14(8-6-13)12-19-15-9-10-18-16(11-15)17-4-2/h5-11H,3-4,12H2,1-2H3,(H2,17,18,19). The Kier molecular flexibility index (Phi) is 4.78. The van der Waals surface area contributed by atoms with Crippen LogP contribution in [0.4, 0.5) is 11.5 Å². The number of nitrogens with one attached hydrogen (secondary N) is 2. The molecule has 1 aromatic carbocycles. The van der Waals surface area contributed by atoms with Gasteiger partial charge in [-0.3, -0.25) is 0 Å². The summed E-state index contributed by atoms with van der Waals surface area (Å²) in [6.07, 6.45) is 2.91. The molecule has 0 unspecified atom stereocenters. The first kappa shape index (κ1) is 13.4. The van der Waals surface area contributed by atoms with Crippen LogP contribution in [0.25, 0.3) is 0 Å². The third-order valence-corrected chi connectivity index (χ3v) is 3.05. The fourth-order valence-electron chi connectivity index (χ4n) is 1.92. The van der Waals surface area contributed by atoms with Crippen LogP contribution in [-0.4, -0.2) is 11.5 Å². The molecule has 0 saturated carbocycles. The maximum Gasteiger partial charge on any atom is 0.127 e. The van der Waals surface area contributed by atoms with Gasteiger partial charge in [0.1, 0.15) is 5.82 Å². The van der Waals surface area contributed by atoms with E-state index in [-0.39, 0.29) is 0 Å². The number of nitrogens with zero attached hydrogens (tertiary/aromatic N) is 1. The molecule has 0 atom stereocenters. The highest BCUT2D eigenvalue weighted by atomic mass is 15.0. The normalized spacial score (nSPS) is 10.2. The van der Waals surface area contributed by atoms with Crippen LogP contribution in [-0.2, 0) is 13.0 Å². The lowest BCUT2D eigenvalue weighted by Gasteiger charge is -2.09. The molecule has 3 heteroatoms. The highest BCUT2D eigenvalue weighted by molar-refractivity contribution is 5.52. The van der Waals surface area contributed by atoms with Gasteiger partial charge in [-0.25, -0.2) is 4.98 Å². The number of aryl methyl sites for hydroxylation is 1. The zero-order valence-electron chi connectivity index (χ0n) is 11.6. The van der Waals surface area contributed by atoms with E-state index in [1.807, 2.05) is 18.3 Å². The summed E-state index contributed by atoms with van der Waals surface area (Å²) in [4.78, 5) is 4.26. The average Bonchev–Trinajstić information content (AvgIpc) is 2.46. The third-order valence-electron chi connectivity index (χ3n) is 3.05. The predicted octanol–water partition coefficient (Wildman–Crippen LogP) is 3.69. The van der Waals surface area contributed by atoms with Crippen LogP contribution in [0, 0.1) is 0 Å². The zero-order valence-corrected chi connectivity index (χ0v) is 11.6. The molecule has 0 amide bonds. The molecule has 0 radical (unpaired) electrons. The monoisotopic (exact) mass is 255 g/mol. The largest absolute Gasteiger partial charge is 0.381 e. The molecule has 100 valence electrons. The molecule has 0 aliphatic rings.